The molecule has 0 bridgehead atoms. The lowest BCUT2D eigenvalue weighted by molar-refractivity contribution is -0.149. The molecule has 2 N–H and O–H groups in total. The molecule has 0 radical (unpaired) electrons. The largest absolute Gasteiger partial charge is 0.479 e. The van der Waals surface area contributed by atoms with Crippen LogP contribution >= 0.6 is 0 Å². The maximum absolute atomic E-state index is 10.8. The Kier molecular flexibility index (Phi) is 5.01. The molecule has 0 aromatic carbocycles. The van der Waals surface area contributed by atoms with E-state index in [9.17, 15) is 4.79 Å². The minimum absolute atomic E-state index is 0.0896. The quantitative estimate of drug-likeness (QED) is 0.756. The van der Waals surface area contributed by atoms with E-state index in [4.69, 9.17) is 9.84 Å². The minimum atomic E-state index is -0.819. The van der Waals surface area contributed by atoms with Crippen molar-refractivity contribution in [2.24, 2.45) is 5.92 Å². The summed E-state index contributed by atoms with van der Waals surface area (Å²) in [7, 11) is 0. The molecule has 4 nitrogen and oxygen atoms in total. The molecule has 2 fully saturated rings. The van der Waals surface area contributed by atoms with Gasteiger partial charge in [-0.05, 0) is 38.0 Å². The van der Waals surface area contributed by atoms with Crippen molar-refractivity contribution in [3.63, 3.8) is 0 Å². The molecule has 1 aliphatic heterocycles. The lowest BCUT2D eigenvalue weighted by Crippen LogP contribution is -2.36. The molecule has 2 aliphatic rings. The van der Waals surface area contributed by atoms with Crippen LogP contribution in [0.15, 0.2) is 0 Å². The van der Waals surface area contributed by atoms with Crippen LogP contribution in [0.25, 0.3) is 0 Å². The van der Waals surface area contributed by atoms with Crippen LogP contribution in [0.2, 0.25) is 0 Å². The number of nitrogens with one attached hydrogen (secondary N) is 1. The fourth-order valence-electron chi connectivity index (χ4n) is 3.03. The van der Waals surface area contributed by atoms with Crippen LogP contribution in [0.1, 0.15) is 51.9 Å². The zero-order valence-electron chi connectivity index (χ0n) is 11.2. The number of hydrogen-bond donors (Lipinski definition) is 2. The second-order valence-corrected chi connectivity index (χ2v) is 5.88. The number of carboxylic acid groups (broad SMARTS) is 1. The molecule has 0 aromatic heterocycles. The number of hydrogen-bond acceptors (Lipinski definition) is 3. The molecule has 1 aliphatic carbocycles. The van der Waals surface area contributed by atoms with E-state index in [-0.39, 0.29) is 6.10 Å². The van der Waals surface area contributed by atoms with Crippen molar-refractivity contribution in [1.29, 1.82) is 0 Å². The average Bonchev–Trinajstić information content (AvgIpc) is 2.72. The van der Waals surface area contributed by atoms with E-state index in [0.29, 0.717) is 12.5 Å². The minimum Gasteiger partial charge on any atom is -0.479 e. The lowest BCUT2D eigenvalue weighted by Gasteiger charge is -2.19. The molecule has 1 saturated carbocycles. The fourth-order valence-corrected chi connectivity index (χ4v) is 3.03. The highest BCUT2D eigenvalue weighted by Gasteiger charge is 2.30. The molecule has 2 rings (SSSR count). The molecule has 0 spiro atoms. The Hall–Kier alpha value is -0.610. The molecule has 0 amide bonds. The smallest absolute Gasteiger partial charge is 0.332 e. The van der Waals surface area contributed by atoms with Crippen LogP contribution in [0.3, 0.4) is 0 Å². The van der Waals surface area contributed by atoms with Gasteiger partial charge in [-0.25, -0.2) is 4.79 Å². The first-order chi connectivity index (χ1) is 8.65. The van der Waals surface area contributed by atoms with Crippen molar-refractivity contribution >= 4 is 5.97 Å². The predicted molar refractivity (Wildman–Crippen MR) is 69.6 cm³/mol. The summed E-state index contributed by atoms with van der Waals surface area (Å²) >= 11 is 0. The van der Waals surface area contributed by atoms with E-state index in [1.54, 1.807) is 0 Å². The van der Waals surface area contributed by atoms with E-state index < -0.39 is 12.1 Å². The first-order valence-electron chi connectivity index (χ1n) is 7.27. The normalized spacial score (nSPS) is 37.4. The Morgan fingerprint density at radius 2 is 2.06 bits per heavy atom. The van der Waals surface area contributed by atoms with E-state index >= 15 is 0 Å². The first-order valence-corrected chi connectivity index (χ1v) is 7.27. The van der Waals surface area contributed by atoms with Crippen molar-refractivity contribution in [2.75, 3.05) is 6.54 Å². The zero-order valence-corrected chi connectivity index (χ0v) is 11.2. The SMILES string of the molecule is CC1CCCC(NCC2CCC(C(=O)O)O2)CC1. The van der Waals surface area contributed by atoms with Gasteiger partial charge < -0.3 is 15.2 Å². The van der Waals surface area contributed by atoms with Crippen LogP contribution in [0.5, 0.6) is 0 Å². The van der Waals surface area contributed by atoms with E-state index in [1.807, 2.05) is 0 Å². The summed E-state index contributed by atoms with van der Waals surface area (Å²) in [5, 5.41) is 12.4. The molecular weight excluding hydrogens is 230 g/mol. The Morgan fingerprint density at radius 1 is 1.22 bits per heavy atom. The lowest BCUT2D eigenvalue weighted by atomic mass is 10.0. The van der Waals surface area contributed by atoms with Crippen LogP contribution in [0, 0.1) is 5.92 Å². The van der Waals surface area contributed by atoms with Crippen molar-refractivity contribution in [2.45, 2.75) is 70.1 Å². The standard InChI is InChI=1S/C14H25NO3/c1-10-3-2-4-11(6-5-10)15-9-12-7-8-13(18-12)14(16)17/h10-13,15H,2-9H2,1H3,(H,16,17). The summed E-state index contributed by atoms with van der Waals surface area (Å²) in [6.07, 6.45) is 7.49. The molecule has 4 atom stereocenters. The highest BCUT2D eigenvalue weighted by Crippen LogP contribution is 2.23. The van der Waals surface area contributed by atoms with Gasteiger partial charge in [-0.1, -0.05) is 19.8 Å². The summed E-state index contributed by atoms with van der Waals surface area (Å²) in [4.78, 5) is 10.8. The van der Waals surface area contributed by atoms with Crippen molar-refractivity contribution in [3.05, 3.63) is 0 Å². The molecule has 104 valence electrons. The topological polar surface area (TPSA) is 58.6 Å². The Balaban J connectivity index is 1.67. The van der Waals surface area contributed by atoms with Crippen LogP contribution in [0.4, 0.5) is 0 Å². The third-order valence-corrected chi connectivity index (χ3v) is 4.27. The van der Waals surface area contributed by atoms with E-state index in [1.165, 1.54) is 32.1 Å². The summed E-state index contributed by atoms with van der Waals surface area (Å²) in [5.74, 6) is 0.0386. The summed E-state index contributed by atoms with van der Waals surface area (Å²) in [6.45, 7) is 3.14. The van der Waals surface area contributed by atoms with Gasteiger partial charge in [-0.2, -0.15) is 0 Å². The van der Waals surface area contributed by atoms with Gasteiger partial charge >= 0.3 is 5.97 Å². The second-order valence-electron chi connectivity index (χ2n) is 5.88. The average molecular weight is 255 g/mol. The fraction of sp³-hybridized carbons (Fsp3) is 0.929. The van der Waals surface area contributed by atoms with Gasteiger partial charge in [-0.15, -0.1) is 0 Å². The molecule has 18 heavy (non-hydrogen) atoms. The zero-order chi connectivity index (χ0) is 13.0. The van der Waals surface area contributed by atoms with Gasteiger partial charge in [0, 0.05) is 12.6 Å². The van der Waals surface area contributed by atoms with Gasteiger partial charge in [0.15, 0.2) is 6.10 Å². The molecule has 4 heteroatoms. The summed E-state index contributed by atoms with van der Waals surface area (Å²) < 4.78 is 5.50. The summed E-state index contributed by atoms with van der Waals surface area (Å²) in [6, 6.07) is 0.599. The summed E-state index contributed by atoms with van der Waals surface area (Å²) in [5.41, 5.74) is 0. The van der Waals surface area contributed by atoms with Crippen molar-refractivity contribution < 1.29 is 14.6 Å². The maximum atomic E-state index is 10.8. The van der Waals surface area contributed by atoms with Crippen molar-refractivity contribution in [1.82, 2.24) is 5.32 Å². The second kappa shape index (κ2) is 6.53. The Labute approximate surface area is 109 Å². The third-order valence-electron chi connectivity index (χ3n) is 4.27. The van der Waals surface area contributed by atoms with Gasteiger partial charge in [0.25, 0.3) is 0 Å². The molecule has 4 unspecified atom stereocenters. The van der Waals surface area contributed by atoms with Crippen LogP contribution < -0.4 is 5.32 Å². The molecule has 0 aromatic rings. The molecule has 1 saturated heterocycles. The predicted octanol–water partition coefficient (Wildman–Crippen LogP) is 2.18. The highest BCUT2D eigenvalue weighted by molar-refractivity contribution is 5.72. The molecule has 1 heterocycles. The monoisotopic (exact) mass is 255 g/mol. The Morgan fingerprint density at radius 3 is 2.78 bits per heavy atom. The molecular formula is C14H25NO3. The van der Waals surface area contributed by atoms with E-state index in [0.717, 1.165) is 18.9 Å². The maximum Gasteiger partial charge on any atom is 0.332 e. The van der Waals surface area contributed by atoms with Crippen LogP contribution in [-0.4, -0.2) is 35.9 Å². The first kappa shape index (κ1) is 13.8. The number of carbonyl (C=O) groups is 1. The highest BCUT2D eigenvalue weighted by atomic mass is 16.5. The Bertz CT molecular complexity index is 282. The third kappa shape index (κ3) is 3.95. The number of ether oxygens (including phenoxy) is 1. The van der Waals surface area contributed by atoms with Gasteiger partial charge in [0.05, 0.1) is 6.10 Å². The number of aliphatic carboxylic acids is 1. The van der Waals surface area contributed by atoms with Gasteiger partial charge in [0.1, 0.15) is 0 Å². The number of rotatable bonds is 4. The number of carboxylic acids is 1. The van der Waals surface area contributed by atoms with E-state index in [2.05, 4.69) is 12.2 Å². The van der Waals surface area contributed by atoms with Gasteiger partial charge in [0.2, 0.25) is 0 Å². The van der Waals surface area contributed by atoms with Gasteiger partial charge in [-0.3, -0.25) is 0 Å². The van der Waals surface area contributed by atoms with Crippen molar-refractivity contribution in [3.8, 4) is 0 Å². The van der Waals surface area contributed by atoms with Crippen LogP contribution in [-0.2, 0) is 9.53 Å².